The molecule has 0 saturated carbocycles. The molecular weight excluding hydrogens is 386 g/mol. The Balaban J connectivity index is 1.76. The number of carbonyl (C=O) groups excluding carboxylic acids is 5. The number of ether oxygens (including phenoxy) is 1. The van der Waals surface area contributed by atoms with Crippen molar-refractivity contribution in [3.63, 3.8) is 0 Å². The minimum absolute atomic E-state index is 0.119. The molecule has 0 spiro atoms. The summed E-state index contributed by atoms with van der Waals surface area (Å²) in [6, 6.07) is -0.871. The van der Waals surface area contributed by atoms with Crippen LogP contribution >= 0.6 is 11.3 Å². The van der Waals surface area contributed by atoms with E-state index in [0.717, 1.165) is 29.7 Å². The van der Waals surface area contributed by atoms with Crippen molar-refractivity contribution in [3.05, 3.63) is 28.7 Å². The third kappa shape index (κ3) is 3.42. The van der Waals surface area contributed by atoms with Gasteiger partial charge in [-0.2, -0.15) is 0 Å². The maximum Gasteiger partial charge on any atom is 0.341 e. The van der Waals surface area contributed by atoms with Crippen LogP contribution in [0.25, 0.3) is 0 Å². The van der Waals surface area contributed by atoms with Gasteiger partial charge in [-0.05, 0) is 31.7 Å². The number of imide groups is 2. The molecule has 1 N–H and O–H groups in total. The molecule has 1 saturated heterocycles. The van der Waals surface area contributed by atoms with E-state index >= 15 is 0 Å². The molecule has 2 heterocycles. The van der Waals surface area contributed by atoms with Crippen molar-refractivity contribution >= 4 is 46.1 Å². The van der Waals surface area contributed by atoms with Crippen LogP contribution in [0.5, 0.6) is 0 Å². The van der Waals surface area contributed by atoms with Gasteiger partial charge in [-0.3, -0.25) is 19.3 Å². The summed E-state index contributed by atoms with van der Waals surface area (Å²) in [7, 11) is 0. The van der Waals surface area contributed by atoms with Crippen LogP contribution in [-0.2, 0) is 32.0 Å². The van der Waals surface area contributed by atoms with Crippen LogP contribution in [0.1, 0.15) is 34.1 Å². The van der Waals surface area contributed by atoms with Crippen LogP contribution in [0.3, 0.4) is 0 Å². The Bertz CT molecular complexity index is 890. The lowest BCUT2D eigenvalue weighted by molar-refractivity contribution is -0.143. The van der Waals surface area contributed by atoms with Crippen LogP contribution < -0.4 is 5.32 Å². The molecule has 0 bridgehead atoms. The third-order valence-electron chi connectivity index (χ3n) is 4.40. The molecule has 1 aromatic rings. The Hall–Kier alpha value is -3.01. The monoisotopic (exact) mass is 405 g/mol. The number of nitrogens with zero attached hydrogens (tertiary/aromatic N) is 2. The maximum atomic E-state index is 12.4. The first-order valence-electron chi connectivity index (χ1n) is 8.78. The zero-order chi connectivity index (χ0) is 20.4. The van der Waals surface area contributed by atoms with Gasteiger partial charge in [-0.1, -0.05) is 6.08 Å². The van der Waals surface area contributed by atoms with Crippen LogP contribution in [0, 0.1) is 0 Å². The smallest absolute Gasteiger partial charge is 0.341 e. The number of thiophene rings is 1. The summed E-state index contributed by atoms with van der Waals surface area (Å²) >= 11 is 1.29. The summed E-state index contributed by atoms with van der Waals surface area (Å²) in [5.74, 6) is -3.26. The lowest BCUT2D eigenvalue weighted by atomic mass is 10.1. The Morgan fingerprint density at radius 1 is 1.21 bits per heavy atom. The summed E-state index contributed by atoms with van der Waals surface area (Å²) in [6.07, 6.45) is 3.78. The first kappa shape index (κ1) is 19.7. The van der Waals surface area contributed by atoms with Crippen molar-refractivity contribution in [2.24, 2.45) is 0 Å². The van der Waals surface area contributed by atoms with Gasteiger partial charge in [-0.15, -0.1) is 17.9 Å². The quantitative estimate of drug-likeness (QED) is 0.317. The molecule has 1 aliphatic heterocycles. The van der Waals surface area contributed by atoms with Gasteiger partial charge in [0.05, 0.1) is 12.2 Å². The number of carbonyl (C=O) groups is 5. The summed E-state index contributed by atoms with van der Waals surface area (Å²) in [4.78, 5) is 63.1. The highest BCUT2D eigenvalue weighted by Gasteiger charge is 2.44. The fraction of sp³-hybridized carbons (Fsp3) is 0.389. The predicted molar refractivity (Wildman–Crippen MR) is 99.9 cm³/mol. The molecular formula is C18H19N3O6S. The zero-order valence-corrected chi connectivity index (χ0v) is 16.1. The summed E-state index contributed by atoms with van der Waals surface area (Å²) in [6.45, 7) is 4.58. The Morgan fingerprint density at radius 2 is 1.93 bits per heavy atom. The van der Waals surface area contributed by atoms with Gasteiger partial charge in [0.2, 0.25) is 5.91 Å². The highest BCUT2D eigenvalue weighted by Crippen LogP contribution is 2.39. The molecule has 1 aliphatic carbocycles. The number of nitrogens with one attached hydrogen (secondary N) is 1. The van der Waals surface area contributed by atoms with Crippen LogP contribution in [0.15, 0.2) is 12.7 Å². The molecule has 3 rings (SSSR count). The van der Waals surface area contributed by atoms with Gasteiger partial charge in [-0.25, -0.2) is 14.5 Å². The number of hydrogen-bond acceptors (Lipinski definition) is 7. The van der Waals surface area contributed by atoms with Crippen LogP contribution in [-0.4, -0.2) is 59.2 Å². The largest absolute Gasteiger partial charge is 0.462 e. The van der Waals surface area contributed by atoms with Gasteiger partial charge < -0.3 is 10.1 Å². The van der Waals surface area contributed by atoms with E-state index in [9.17, 15) is 24.0 Å². The fourth-order valence-electron chi connectivity index (χ4n) is 3.20. The number of anilines is 1. The molecule has 1 fully saturated rings. The molecule has 0 radical (unpaired) electrons. The second kappa shape index (κ2) is 7.93. The van der Waals surface area contributed by atoms with Crippen molar-refractivity contribution in [2.45, 2.75) is 26.2 Å². The molecule has 0 aromatic carbocycles. The Labute approximate surface area is 164 Å². The second-order valence-corrected chi connectivity index (χ2v) is 7.31. The minimum Gasteiger partial charge on any atom is -0.462 e. The topological polar surface area (TPSA) is 113 Å². The third-order valence-corrected chi connectivity index (χ3v) is 5.61. The summed E-state index contributed by atoms with van der Waals surface area (Å²) < 4.78 is 5.09. The van der Waals surface area contributed by atoms with Crippen LogP contribution in [0.2, 0.25) is 0 Å². The van der Waals surface area contributed by atoms with Crippen molar-refractivity contribution < 1.29 is 28.7 Å². The highest BCUT2D eigenvalue weighted by atomic mass is 32.1. The highest BCUT2D eigenvalue weighted by molar-refractivity contribution is 7.17. The van der Waals surface area contributed by atoms with E-state index < -0.39 is 36.3 Å². The van der Waals surface area contributed by atoms with E-state index in [2.05, 4.69) is 11.9 Å². The lowest BCUT2D eigenvalue weighted by Gasteiger charge is -2.14. The summed E-state index contributed by atoms with van der Waals surface area (Å²) in [5, 5.41) is 2.93. The average molecular weight is 405 g/mol. The average Bonchev–Trinajstić information content (AvgIpc) is 3.27. The predicted octanol–water partition coefficient (Wildman–Crippen LogP) is 1.33. The first-order valence-corrected chi connectivity index (χ1v) is 9.60. The number of rotatable bonds is 7. The van der Waals surface area contributed by atoms with Gasteiger partial charge in [0.15, 0.2) is 0 Å². The van der Waals surface area contributed by atoms with Crippen molar-refractivity contribution in [2.75, 3.05) is 25.0 Å². The van der Waals surface area contributed by atoms with Crippen LogP contribution in [0.4, 0.5) is 9.80 Å². The fourth-order valence-corrected chi connectivity index (χ4v) is 4.49. The minimum atomic E-state index is -1.07. The SMILES string of the molecule is C=CCN1C(=O)C(=O)N(CC(=O)Nc2sc3c(c2C(=O)OCC)CCC3)C1=O. The molecule has 0 unspecified atom stereocenters. The van der Waals surface area contributed by atoms with Gasteiger partial charge >= 0.3 is 23.8 Å². The second-order valence-electron chi connectivity index (χ2n) is 6.21. The molecule has 5 amide bonds. The first-order chi connectivity index (χ1) is 13.4. The van der Waals surface area contributed by atoms with E-state index in [-0.39, 0.29) is 13.2 Å². The number of hydrogen-bond donors (Lipinski definition) is 1. The Morgan fingerprint density at radius 3 is 2.61 bits per heavy atom. The van der Waals surface area contributed by atoms with Crippen molar-refractivity contribution in [1.82, 2.24) is 9.80 Å². The van der Waals surface area contributed by atoms with E-state index in [1.807, 2.05) is 0 Å². The van der Waals surface area contributed by atoms with Crippen molar-refractivity contribution in [3.8, 4) is 0 Å². The lowest BCUT2D eigenvalue weighted by Crippen LogP contribution is -2.39. The standard InChI is InChI=1S/C18H19N3O6S/c1-3-8-20-15(23)16(24)21(18(20)26)9-12(22)19-14-13(17(25)27-4-2)10-6-5-7-11(10)28-14/h3H,1,4-9H2,2H3,(H,19,22). The molecule has 148 valence electrons. The zero-order valence-electron chi connectivity index (χ0n) is 15.3. The number of fused-ring (bicyclic) bond motifs is 1. The molecule has 1 aromatic heterocycles. The van der Waals surface area contributed by atoms with Gasteiger partial charge in [0.1, 0.15) is 11.5 Å². The summed E-state index contributed by atoms with van der Waals surface area (Å²) in [5.41, 5.74) is 1.20. The number of esters is 1. The number of amides is 5. The normalized spacial score (nSPS) is 15.8. The van der Waals surface area contributed by atoms with E-state index in [1.54, 1.807) is 6.92 Å². The molecule has 2 aliphatic rings. The Kier molecular flexibility index (Phi) is 5.59. The number of aryl methyl sites for hydroxylation is 1. The molecule has 0 atom stereocenters. The molecule has 28 heavy (non-hydrogen) atoms. The van der Waals surface area contributed by atoms with Crippen molar-refractivity contribution in [1.29, 1.82) is 0 Å². The van der Waals surface area contributed by atoms with E-state index in [1.165, 1.54) is 17.4 Å². The number of urea groups is 1. The van der Waals surface area contributed by atoms with Gasteiger partial charge in [0, 0.05) is 11.4 Å². The maximum absolute atomic E-state index is 12.4. The van der Waals surface area contributed by atoms with E-state index in [4.69, 9.17) is 4.74 Å². The van der Waals surface area contributed by atoms with Gasteiger partial charge in [0.25, 0.3) is 0 Å². The van der Waals surface area contributed by atoms with E-state index in [0.29, 0.717) is 20.4 Å². The molecule has 9 nitrogen and oxygen atoms in total. The molecule has 10 heteroatoms.